The molecule has 0 spiro atoms. The number of amides is 1. The van der Waals surface area contributed by atoms with Crippen molar-refractivity contribution in [1.82, 2.24) is 5.43 Å². The first kappa shape index (κ1) is 9.77. The molecule has 1 aromatic carbocycles. The van der Waals surface area contributed by atoms with Gasteiger partial charge in [-0.3, -0.25) is 15.2 Å². The molecule has 1 aliphatic rings. The molecule has 1 fully saturated rings. The Morgan fingerprint density at radius 1 is 1.47 bits per heavy atom. The third-order valence-electron chi connectivity index (χ3n) is 2.50. The number of rotatable bonds is 3. The van der Waals surface area contributed by atoms with Crippen LogP contribution in [0.2, 0.25) is 0 Å². The molecule has 1 amide bonds. The first-order valence-electron chi connectivity index (χ1n) is 5.06. The highest BCUT2D eigenvalue weighted by Crippen LogP contribution is 2.22. The van der Waals surface area contributed by atoms with Gasteiger partial charge >= 0.3 is 0 Å². The van der Waals surface area contributed by atoms with Crippen LogP contribution in [0.1, 0.15) is 12.8 Å². The zero-order valence-electron chi connectivity index (χ0n) is 8.52. The second-order valence-corrected chi connectivity index (χ2v) is 3.62. The molecule has 0 aromatic heterocycles. The fourth-order valence-electron chi connectivity index (χ4n) is 1.82. The molecule has 0 saturated carbocycles. The minimum Gasteiger partial charge on any atom is -0.282 e. The molecule has 1 aliphatic heterocycles. The highest BCUT2D eigenvalue weighted by Gasteiger charge is 2.28. The van der Waals surface area contributed by atoms with Crippen LogP contribution in [0, 0.1) is 0 Å². The van der Waals surface area contributed by atoms with E-state index in [1.807, 2.05) is 41.4 Å². The van der Waals surface area contributed by atoms with Crippen LogP contribution in [0.4, 0.5) is 5.69 Å². The lowest BCUT2D eigenvalue weighted by molar-refractivity contribution is -0.119. The van der Waals surface area contributed by atoms with Gasteiger partial charge in [-0.1, -0.05) is 24.3 Å². The Morgan fingerprint density at radius 3 is 2.87 bits per heavy atom. The lowest BCUT2D eigenvalue weighted by atomic mass is 10.1. The Balaban J connectivity index is 2.20. The van der Waals surface area contributed by atoms with Crippen molar-refractivity contribution in [3.8, 4) is 0 Å². The summed E-state index contributed by atoms with van der Waals surface area (Å²) in [6.07, 6.45) is 3.20. The zero-order valence-corrected chi connectivity index (χ0v) is 8.52. The van der Waals surface area contributed by atoms with Crippen molar-refractivity contribution >= 4 is 11.6 Å². The third kappa shape index (κ3) is 2.01. The topological polar surface area (TPSA) is 32.3 Å². The molecule has 78 valence electrons. The van der Waals surface area contributed by atoms with Crippen LogP contribution in [0.15, 0.2) is 43.0 Å². The van der Waals surface area contributed by atoms with Crippen LogP contribution in [-0.2, 0) is 4.79 Å². The Hall–Kier alpha value is -1.77. The van der Waals surface area contributed by atoms with Crippen molar-refractivity contribution in [2.24, 2.45) is 0 Å². The molecule has 3 nitrogen and oxygen atoms in total. The summed E-state index contributed by atoms with van der Waals surface area (Å²) in [6.45, 7) is 3.71. The largest absolute Gasteiger partial charge is 0.282 e. The van der Waals surface area contributed by atoms with E-state index in [9.17, 15) is 4.79 Å². The Morgan fingerprint density at radius 2 is 2.20 bits per heavy atom. The first-order valence-corrected chi connectivity index (χ1v) is 5.06. The Bertz CT molecular complexity index is 361. The van der Waals surface area contributed by atoms with Crippen molar-refractivity contribution in [2.45, 2.75) is 18.9 Å². The molecule has 0 aliphatic carbocycles. The summed E-state index contributed by atoms with van der Waals surface area (Å²) in [5, 5.41) is 1.92. The molecule has 2 rings (SSSR count). The van der Waals surface area contributed by atoms with Gasteiger partial charge in [0.1, 0.15) is 0 Å². The van der Waals surface area contributed by atoms with Crippen molar-refractivity contribution in [2.75, 3.05) is 5.01 Å². The summed E-state index contributed by atoms with van der Waals surface area (Å²) in [5.41, 5.74) is 3.88. The monoisotopic (exact) mass is 202 g/mol. The van der Waals surface area contributed by atoms with Gasteiger partial charge in [0.25, 0.3) is 0 Å². The van der Waals surface area contributed by atoms with E-state index >= 15 is 0 Å². The number of nitrogens with one attached hydrogen (secondary N) is 1. The molecule has 0 radical (unpaired) electrons. The molecular weight excluding hydrogens is 188 g/mol. The number of hydrogen-bond donors (Lipinski definition) is 1. The average molecular weight is 202 g/mol. The number of hydrazine groups is 1. The molecule has 1 saturated heterocycles. The van der Waals surface area contributed by atoms with Crippen molar-refractivity contribution in [1.29, 1.82) is 0 Å². The van der Waals surface area contributed by atoms with Gasteiger partial charge in [-0.15, -0.1) is 6.58 Å². The lowest BCUT2D eigenvalue weighted by Crippen LogP contribution is -2.38. The van der Waals surface area contributed by atoms with Gasteiger partial charge in [0.05, 0.1) is 18.2 Å². The van der Waals surface area contributed by atoms with E-state index in [0.29, 0.717) is 6.42 Å². The highest BCUT2D eigenvalue weighted by molar-refractivity contribution is 5.82. The standard InChI is InChI=1S/C12H14N2O/c1-2-6-11-9-12(15)13-14(11)10-7-4-3-5-8-10/h2-5,7-8,11H,1,6,9H2,(H,13,15). The van der Waals surface area contributed by atoms with Gasteiger partial charge in [0.2, 0.25) is 5.91 Å². The Labute approximate surface area is 89.4 Å². The fourth-order valence-corrected chi connectivity index (χ4v) is 1.82. The summed E-state index contributed by atoms with van der Waals surface area (Å²) < 4.78 is 0. The first-order chi connectivity index (χ1) is 7.31. The van der Waals surface area contributed by atoms with Crippen molar-refractivity contribution in [3.63, 3.8) is 0 Å². The molecule has 3 heteroatoms. The quantitative estimate of drug-likeness (QED) is 0.759. The van der Waals surface area contributed by atoms with E-state index in [0.717, 1.165) is 12.1 Å². The van der Waals surface area contributed by atoms with Crippen LogP contribution in [0.5, 0.6) is 0 Å². The molecule has 1 aromatic rings. The Kier molecular flexibility index (Phi) is 2.72. The normalized spacial score (nSPS) is 20.1. The molecule has 1 atom stereocenters. The van der Waals surface area contributed by atoms with Gasteiger partial charge in [0.15, 0.2) is 0 Å². The third-order valence-corrected chi connectivity index (χ3v) is 2.50. The van der Waals surface area contributed by atoms with Gasteiger partial charge in [-0.25, -0.2) is 0 Å². The van der Waals surface area contributed by atoms with Crippen LogP contribution in [0.3, 0.4) is 0 Å². The molecule has 1 unspecified atom stereocenters. The van der Waals surface area contributed by atoms with Gasteiger partial charge < -0.3 is 0 Å². The van der Waals surface area contributed by atoms with Gasteiger partial charge in [0, 0.05) is 0 Å². The van der Waals surface area contributed by atoms with Crippen LogP contribution in [-0.4, -0.2) is 11.9 Å². The number of carbonyl (C=O) groups is 1. The average Bonchev–Trinajstić information content (AvgIpc) is 2.62. The molecule has 15 heavy (non-hydrogen) atoms. The summed E-state index contributed by atoms with van der Waals surface area (Å²) in [6, 6.07) is 10.1. The minimum absolute atomic E-state index is 0.0747. The predicted octanol–water partition coefficient (Wildman–Crippen LogP) is 1.87. The second-order valence-electron chi connectivity index (χ2n) is 3.62. The van der Waals surface area contributed by atoms with E-state index in [4.69, 9.17) is 0 Å². The zero-order chi connectivity index (χ0) is 10.7. The SMILES string of the molecule is C=CCC1CC(=O)NN1c1ccccc1. The lowest BCUT2D eigenvalue weighted by Gasteiger charge is -2.24. The van der Waals surface area contributed by atoms with Crippen molar-refractivity contribution in [3.05, 3.63) is 43.0 Å². The summed E-state index contributed by atoms with van der Waals surface area (Å²) in [5.74, 6) is 0.0747. The number of benzene rings is 1. The van der Waals surface area contributed by atoms with Crippen molar-refractivity contribution < 1.29 is 4.79 Å². The van der Waals surface area contributed by atoms with Crippen LogP contribution >= 0.6 is 0 Å². The smallest absolute Gasteiger partial charge is 0.240 e. The van der Waals surface area contributed by atoms with E-state index in [1.165, 1.54) is 0 Å². The second kappa shape index (κ2) is 4.17. The van der Waals surface area contributed by atoms with E-state index < -0.39 is 0 Å². The summed E-state index contributed by atoms with van der Waals surface area (Å²) in [4.78, 5) is 11.3. The summed E-state index contributed by atoms with van der Waals surface area (Å²) in [7, 11) is 0. The maximum Gasteiger partial charge on any atom is 0.240 e. The van der Waals surface area contributed by atoms with E-state index in [2.05, 4.69) is 12.0 Å². The summed E-state index contributed by atoms with van der Waals surface area (Å²) >= 11 is 0. The van der Waals surface area contributed by atoms with Crippen LogP contribution in [0.25, 0.3) is 0 Å². The predicted molar refractivity (Wildman–Crippen MR) is 60.3 cm³/mol. The van der Waals surface area contributed by atoms with E-state index in [-0.39, 0.29) is 11.9 Å². The number of carbonyl (C=O) groups excluding carboxylic acids is 1. The maximum absolute atomic E-state index is 11.3. The maximum atomic E-state index is 11.3. The minimum atomic E-state index is 0.0747. The molecule has 0 bridgehead atoms. The number of anilines is 1. The number of para-hydroxylation sites is 1. The molecule has 1 N–H and O–H groups in total. The van der Waals surface area contributed by atoms with Crippen LogP contribution < -0.4 is 10.4 Å². The molecule has 1 heterocycles. The number of nitrogens with zero attached hydrogens (tertiary/aromatic N) is 1. The van der Waals surface area contributed by atoms with E-state index in [1.54, 1.807) is 0 Å². The van der Waals surface area contributed by atoms with Gasteiger partial charge in [-0.05, 0) is 18.6 Å². The number of hydrogen-bond acceptors (Lipinski definition) is 2. The fraction of sp³-hybridized carbons (Fsp3) is 0.250. The molecular formula is C12H14N2O. The highest BCUT2D eigenvalue weighted by atomic mass is 16.2. The van der Waals surface area contributed by atoms with Gasteiger partial charge in [-0.2, -0.15) is 0 Å².